The quantitative estimate of drug-likeness (QED) is 0.241. The summed E-state index contributed by atoms with van der Waals surface area (Å²) in [5.74, 6) is -0.750. The highest BCUT2D eigenvalue weighted by molar-refractivity contribution is 9.10. The van der Waals surface area contributed by atoms with Crippen molar-refractivity contribution >= 4 is 33.4 Å². The first-order valence-corrected chi connectivity index (χ1v) is 8.55. The number of nitrogens with zero attached hydrogens (tertiary/aromatic N) is 1. The molecule has 0 saturated heterocycles. The predicted octanol–water partition coefficient (Wildman–Crippen LogP) is 4.23. The van der Waals surface area contributed by atoms with E-state index in [1.807, 2.05) is 19.9 Å². The summed E-state index contributed by atoms with van der Waals surface area (Å²) < 4.78 is 5.63. The second kappa shape index (κ2) is 8.25. The van der Waals surface area contributed by atoms with Gasteiger partial charge in [0.2, 0.25) is 0 Å². The summed E-state index contributed by atoms with van der Waals surface area (Å²) in [5.41, 5.74) is 3.91. The largest absolute Gasteiger partial charge is 0.464 e. The molecule has 0 bridgehead atoms. The van der Waals surface area contributed by atoms with Gasteiger partial charge >= 0.3 is 5.97 Å². The average molecular weight is 406 g/mol. The summed E-state index contributed by atoms with van der Waals surface area (Å²) in [6, 6.07) is 7.18. The van der Waals surface area contributed by atoms with Gasteiger partial charge in [0.25, 0.3) is 0 Å². The maximum atomic E-state index is 13.1. The number of methoxy groups -OCH3 is 1. The Balaban J connectivity index is 2.59. The topological polar surface area (TPSA) is 65.0 Å². The van der Waals surface area contributed by atoms with Crippen LogP contribution in [-0.2, 0) is 14.4 Å². The lowest BCUT2D eigenvalue weighted by Gasteiger charge is -2.22. The number of ether oxygens (including phenoxy) is 1. The molecule has 1 aromatic rings. The van der Waals surface area contributed by atoms with E-state index in [9.17, 15) is 9.59 Å². The Morgan fingerprint density at radius 2 is 1.72 bits per heavy atom. The van der Waals surface area contributed by atoms with Crippen LogP contribution in [0.1, 0.15) is 37.0 Å². The number of esters is 1. The predicted molar refractivity (Wildman–Crippen MR) is 99.6 cm³/mol. The number of oxime groups is 1. The van der Waals surface area contributed by atoms with Crippen LogP contribution in [0.3, 0.4) is 0 Å². The van der Waals surface area contributed by atoms with Gasteiger partial charge in [-0.3, -0.25) is 4.79 Å². The van der Waals surface area contributed by atoms with Crippen LogP contribution in [0, 0.1) is 0 Å². The van der Waals surface area contributed by atoms with Gasteiger partial charge in [-0.15, -0.1) is 0 Å². The number of ketones is 1. The summed E-state index contributed by atoms with van der Waals surface area (Å²) >= 11 is 3.38. The van der Waals surface area contributed by atoms with Gasteiger partial charge in [-0.2, -0.15) is 0 Å². The third kappa shape index (κ3) is 4.25. The highest BCUT2D eigenvalue weighted by atomic mass is 79.9. The molecule has 0 aliphatic heterocycles. The van der Waals surface area contributed by atoms with Crippen LogP contribution in [0.5, 0.6) is 0 Å². The van der Waals surface area contributed by atoms with Gasteiger partial charge in [-0.1, -0.05) is 44.4 Å². The summed E-state index contributed by atoms with van der Waals surface area (Å²) in [6.07, 6.45) is 0.921. The van der Waals surface area contributed by atoms with Gasteiger partial charge in [0.15, 0.2) is 11.5 Å². The average Bonchev–Trinajstić information content (AvgIpc) is 2.60. The molecule has 0 fully saturated rings. The lowest BCUT2D eigenvalue weighted by Crippen LogP contribution is -2.24. The Labute approximate surface area is 155 Å². The van der Waals surface area contributed by atoms with E-state index in [0.717, 1.165) is 15.6 Å². The standard InChI is InChI=1S/C19H20BrNO4/c1-11-8-15(17(21-25-4)19(23)24-3)16(9-12(11)2)18(22)13-6-5-7-14(20)10-13/h5-7,10H,8-9H2,1-4H3/b21-17+. The Hall–Kier alpha value is -2.21. The summed E-state index contributed by atoms with van der Waals surface area (Å²) in [7, 11) is 2.64. The van der Waals surface area contributed by atoms with Gasteiger partial charge in [-0.05, 0) is 38.8 Å². The van der Waals surface area contributed by atoms with Crippen molar-refractivity contribution < 1.29 is 19.2 Å². The summed E-state index contributed by atoms with van der Waals surface area (Å²) in [6.45, 7) is 3.98. The van der Waals surface area contributed by atoms with Crippen LogP contribution in [0.15, 0.2) is 56.2 Å². The smallest absolute Gasteiger partial charge is 0.360 e. The molecule has 0 saturated carbocycles. The lowest BCUT2D eigenvalue weighted by atomic mass is 9.82. The fraction of sp³-hybridized carbons (Fsp3) is 0.316. The Morgan fingerprint density at radius 1 is 1.08 bits per heavy atom. The van der Waals surface area contributed by atoms with Crippen LogP contribution in [-0.4, -0.2) is 31.7 Å². The lowest BCUT2D eigenvalue weighted by molar-refractivity contribution is -0.132. The molecular weight excluding hydrogens is 386 g/mol. The first kappa shape index (κ1) is 19.1. The molecule has 0 atom stereocenters. The van der Waals surface area contributed by atoms with E-state index in [2.05, 4.69) is 21.1 Å². The van der Waals surface area contributed by atoms with Crippen LogP contribution < -0.4 is 0 Å². The minimum atomic E-state index is -0.622. The van der Waals surface area contributed by atoms with Crippen molar-refractivity contribution in [3.05, 3.63) is 56.6 Å². The zero-order chi connectivity index (χ0) is 18.6. The molecule has 0 radical (unpaired) electrons. The number of benzene rings is 1. The first-order chi connectivity index (χ1) is 11.9. The van der Waals surface area contributed by atoms with E-state index in [4.69, 9.17) is 9.57 Å². The minimum absolute atomic E-state index is 0.0372. The molecule has 0 heterocycles. The van der Waals surface area contributed by atoms with E-state index >= 15 is 0 Å². The second-order valence-electron chi connectivity index (χ2n) is 5.82. The van der Waals surface area contributed by atoms with E-state index in [1.54, 1.807) is 18.2 Å². The molecule has 0 amide bonds. The number of carbonyl (C=O) groups is 2. The first-order valence-electron chi connectivity index (χ1n) is 7.76. The van der Waals surface area contributed by atoms with Gasteiger partial charge in [-0.25, -0.2) is 4.79 Å². The molecule has 132 valence electrons. The van der Waals surface area contributed by atoms with E-state index in [-0.39, 0.29) is 11.5 Å². The highest BCUT2D eigenvalue weighted by Crippen LogP contribution is 2.33. The monoisotopic (exact) mass is 405 g/mol. The van der Waals surface area contributed by atoms with Gasteiger partial charge in [0.1, 0.15) is 7.11 Å². The Kier molecular flexibility index (Phi) is 6.31. The molecule has 1 aliphatic carbocycles. The minimum Gasteiger partial charge on any atom is -0.464 e. The number of carbonyl (C=O) groups excluding carboxylic acids is 2. The number of Topliss-reactive ketones (excluding diaryl/α,β-unsaturated/α-hetero) is 1. The maximum Gasteiger partial charge on any atom is 0.360 e. The highest BCUT2D eigenvalue weighted by Gasteiger charge is 2.29. The van der Waals surface area contributed by atoms with Gasteiger partial charge < -0.3 is 9.57 Å². The zero-order valence-corrected chi connectivity index (χ0v) is 16.3. The number of hydrogen-bond donors (Lipinski definition) is 0. The van der Waals surface area contributed by atoms with Gasteiger partial charge in [0.05, 0.1) is 7.11 Å². The third-order valence-electron chi connectivity index (χ3n) is 4.18. The fourth-order valence-electron chi connectivity index (χ4n) is 2.70. The Bertz CT molecular complexity index is 805. The third-order valence-corrected chi connectivity index (χ3v) is 4.68. The van der Waals surface area contributed by atoms with Crippen LogP contribution >= 0.6 is 15.9 Å². The molecule has 25 heavy (non-hydrogen) atoms. The van der Waals surface area contributed by atoms with Crippen molar-refractivity contribution in [1.82, 2.24) is 0 Å². The Morgan fingerprint density at radius 3 is 2.28 bits per heavy atom. The van der Waals surface area contributed by atoms with Crippen LogP contribution in [0.4, 0.5) is 0 Å². The number of rotatable bonds is 5. The molecule has 0 spiro atoms. The molecule has 6 heteroatoms. The summed E-state index contributed by atoms with van der Waals surface area (Å²) in [5, 5.41) is 3.82. The van der Waals surface area contributed by atoms with Crippen molar-refractivity contribution in [3.8, 4) is 0 Å². The molecule has 0 unspecified atom stereocenters. The molecular formula is C19H20BrNO4. The normalized spacial score (nSPS) is 15.3. The fourth-order valence-corrected chi connectivity index (χ4v) is 3.10. The summed E-state index contributed by atoms with van der Waals surface area (Å²) in [4.78, 5) is 30.0. The van der Waals surface area contributed by atoms with Crippen molar-refractivity contribution in [3.63, 3.8) is 0 Å². The van der Waals surface area contributed by atoms with Crippen LogP contribution in [0.25, 0.3) is 0 Å². The van der Waals surface area contributed by atoms with E-state index in [1.165, 1.54) is 14.2 Å². The number of allylic oxidation sites excluding steroid dienone is 3. The number of halogens is 1. The van der Waals surface area contributed by atoms with Gasteiger partial charge in [0, 0.05) is 21.2 Å². The van der Waals surface area contributed by atoms with Crippen molar-refractivity contribution in [1.29, 1.82) is 0 Å². The number of hydrogen-bond acceptors (Lipinski definition) is 5. The second-order valence-corrected chi connectivity index (χ2v) is 6.74. The molecule has 2 rings (SSSR count). The molecule has 5 nitrogen and oxygen atoms in total. The van der Waals surface area contributed by atoms with Crippen molar-refractivity contribution in [2.45, 2.75) is 26.7 Å². The van der Waals surface area contributed by atoms with E-state index in [0.29, 0.717) is 29.6 Å². The van der Waals surface area contributed by atoms with Crippen molar-refractivity contribution in [2.75, 3.05) is 14.2 Å². The SMILES string of the molecule is CO/N=C(/C(=O)OC)C1=C(C(=O)c2cccc(Br)c2)CC(C)=C(C)C1. The molecule has 0 N–H and O–H groups in total. The molecule has 0 aromatic heterocycles. The van der Waals surface area contributed by atoms with Crippen molar-refractivity contribution in [2.24, 2.45) is 5.16 Å². The zero-order valence-electron chi connectivity index (χ0n) is 14.7. The maximum absolute atomic E-state index is 13.1. The molecule has 1 aromatic carbocycles. The van der Waals surface area contributed by atoms with E-state index < -0.39 is 5.97 Å². The van der Waals surface area contributed by atoms with Crippen LogP contribution in [0.2, 0.25) is 0 Å². The molecule has 1 aliphatic rings.